The van der Waals surface area contributed by atoms with Gasteiger partial charge in [-0.05, 0) is 19.4 Å². The highest BCUT2D eigenvalue weighted by Crippen LogP contribution is 2.18. The summed E-state index contributed by atoms with van der Waals surface area (Å²) in [5, 5.41) is 9.69. The average molecular weight is 215 g/mol. The number of hydrogen-bond acceptors (Lipinski definition) is 4. The van der Waals surface area contributed by atoms with E-state index in [1.807, 2.05) is 0 Å². The maximum absolute atomic E-state index is 11.4. The molecule has 0 saturated carbocycles. The topological polar surface area (TPSA) is 49.8 Å². The number of methoxy groups -OCH3 is 1. The Morgan fingerprint density at radius 3 is 2.93 bits per heavy atom. The van der Waals surface area contributed by atoms with Gasteiger partial charge in [0.2, 0.25) is 0 Å². The van der Waals surface area contributed by atoms with Crippen LogP contribution >= 0.6 is 0 Å². The molecule has 1 heterocycles. The number of ether oxygens (including phenoxy) is 1. The molecule has 0 aromatic carbocycles. The molecule has 2 atom stereocenters. The number of piperidine rings is 1. The van der Waals surface area contributed by atoms with Crippen LogP contribution in [0.15, 0.2) is 0 Å². The minimum absolute atomic E-state index is 0.288. The molecule has 0 aromatic rings. The van der Waals surface area contributed by atoms with E-state index in [-0.39, 0.29) is 11.9 Å². The van der Waals surface area contributed by atoms with Crippen LogP contribution in [0.3, 0.4) is 0 Å². The van der Waals surface area contributed by atoms with Crippen molar-refractivity contribution in [2.75, 3.05) is 26.7 Å². The third-order valence-corrected chi connectivity index (χ3v) is 2.99. The molecule has 4 heteroatoms. The van der Waals surface area contributed by atoms with Crippen molar-refractivity contribution in [3.63, 3.8) is 0 Å². The zero-order chi connectivity index (χ0) is 11.3. The largest absolute Gasteiger partial charge is 0.469 e. The molecule has 0 amide bonds. The van der Waals surface area contributed by atoms with Gasteiger partial charge in [0.1, 0.15) is 0 Å². The zero-order valence-electron chi connectivity index (χ0n) is 9.61. The van der Waals surface area contributed by atoms with Crippen LogP contribution in [0.25, 0.3) is 0 Å². The summed E-state index contributed by atoms with van der Waals surface area (Å²) in [7, 11) is 1.38. The number of unbranched alkanes of at least 4 members (excludes halogenated alkanes) is 1. The van der Waals surface area contributed by atoms with Crippen LogP contribution in [0.4, 0.5) is 0 Å². The summed E-state index contributed by atoms with van der Waals surface area (Å²) in [5.74, 6) is -0.649. The Balaban J connectivity index is 2.44. The van der Waals surface area contributed by atoms with E-state index in [0.717, 1.165) is 25.9 Å². The average Bonchev–Trinajstić information content (AvgIpc) is 2.27. The molecule has 1 aliphatic rings. The Kier molecular flexibility index (Phi) is 5.05. The quantitative estimate of drug-likeness (QED) is 0.699. The van der Waals surface area contributed by atoms with Crippen LogP contribution in [0, 0.1) is 5.92 Å². The molecule has 0 spiro atoms. The minimum Gasteiger partial charge on any atom is -0.469 e. The first-order valence-electron chi connectivity index (χ1n) is 5.67. The van der Waals surface area contributed by atoms with Crippen molar-refractivity contribution in [1.29, 1.82) is 0 Å². The molecule has 15 heavy (non-hydrogen) atoms. The van der Waals surface area contributed by atoms with Gasteiger partial charge in [0.05, 0.1) is 19.1 Å². The Morgan fingerprint density at radius 2 is 2.33 bits per heavy atom. The molecule has 1 aliphatic heterocycles. The Morgan fingerprint density at radius 1 is 1.60 bits per heavy atom. The van der Waals surface area contributed by atoms with Gasteiger partial charge >= 0.3 is 5.97 Å². The van der Waals surface area contributed by atoms with Gasteiger partial charge in [-0.3, -0.25) is 4.79 Å². The van der Waals surface area contributed by atoms with E-state index in [1.165, 1.54) is 7.11 Å². The molecule has 1 N–H and O–H groups in total. The fourth-order valence-electron chi connectivity index (χ4n) is 1.97. The summed E-state index contributed by atoms with van der Waals surface area (Å²) in [4.78, 5) is 13.6. The van der Waals surface area contributed by atoms with Gasteiger partial charge in [0, 0.05) is 13.1 Å². The second-order valence-corrected chi connectivity index (χ2v) is 4.14. The first-order chi connectivity index (χ1) is 7.19. The van der Waals surface area contributed by atoms with E-state index in [4.69, 9.17) is 0 Å². The van der Waals surface area contributed by atoms with Crippen LogP contribution < -0.4 is 0 Å². The minimum atomic E-state index is -0.532. The number of carbonyl (C=O) groups is 1. The lowest BCUT2D eigenvalue weighted by Gasteiger charge is -2.34. The van der Waals surface area contributed by atoms with Crippen molar-refractivity contribution in [2.45, 2.75) is 32.3 Å². The molecule has 0 radical (unpaired) electrons. The predicted octanol–water partition coefficient (Wildman–Crippen LogP) is 0.642. The lowest BCUT2D eigenvalue weighted by Crippen LogP contribution is -2.47. The van der Waals surface area contributed by atoms with E-state index < -0.39 is 6.10 Å². The van der Waals surface area contributed by atoms with E-state index >= 15 is 0 Å². The van der Waals surface area contributed by atoms with E-state index in [1.54, 1.807) is 0 Å². The molecule has 88 valence electrons. The van der Waals surface area contributed by atoms with Crippen molar-refractivity contribution in [3.8, 4) is 0 Å². The van der Waals surface area contributed by atoms with Crippen molar-refractivity contribution in [1.82, 2.24) is 4.90 Å². The predicted molar refractivity (Wildman–Crippen MR) is 57.5 cm³/mol. The smallest absolute Gasteiger partial charge is 0.312 e. The highest BCUT2D eigenvalue weighted by atomic mass is 16.5. The molecular weight excluding hydrogens is 194 g/mol. The van der Waals surface area contributed by atoms with Crippen molar-refractivity contribution in [2.24, 2.45) is 5.92 Å². The number of likely N-dealkylation sites (tertiary alicyclic amines) is 1. The van der Waals surface area contributed by atoms with Crippen LogP contribution in [0.1, 0.15) is 26.2 Å². The standard InChI is InChI=1S/C11H21NO3/c1-3-4-6-12-7-5-10(13)9(8-12)11(14)15-2/h9-10,13H,3-8H2,1-2H3/t9-,10+/m0/s1. The first-order valence-corrected chi connectivity index (χ1v) is 5.67. The van der Waals surface area contributed by atoms with Crippen LogP contribution in [0.5, 0.6) is 0 Å². The van der Waals surface area contributed by atoms with Gasteiger partial charge in [-0.25, -0.2) is 0 Å². The SMILES string of the molecule is CCCCN1CC[C@@H](O)[C@@H](C(=O)OC)C1. The lowest BCUT2D eigenvalue weighted by molar-refractivity contribution is -0.152. The maximum Gasteiger partial charge on any atom is 0.312 e. The maximum atomic E-state index is 11.4. The van der Waals surface area contributed by atoms with Crippen molar-refractivity contribution < 1.29 is 14.6 Å². The summed E-state index contributed by atoms with van der Waals surface area (Å²) in [5.41, 5.74) is 0. The summed E-state index contributed by atoms with van der Waals surface area (Å²) in [6, 6.07) is 0. The number of rotatable bonds is 4. The van der Waals surface area contributed by atoms with Gasteiger partial charge in [0.25, 0.3) is 0 Å². The van der Waals surface area contributed by atoms with Crippen molar-refractivity contribution in [3.05, 3.63) is 0 Å². The number of carbonyl (C=O) groups excluding carboxylic acids is 1. The number of aliphatic hydroxyl groups excluding tert-OH is 1. The Bertz CT molecular complexity index is 206. The fourth-order valence-corrected chi connectivity index (χ4v) is 1.97. The third kappa shape index (κ3) is 3.47. The third-order valence-electron chi connectivity index (χ3n) is 2.99. The van der Waals surface area contributed by atoms with Crippen LogP contribution in [0.2, 0.25) is 0 Å². The highest BCUT2D eigenvalue weighted by molar-refractivity contribution is 5.73. The monoisotopic (exact) mass is 215 g/mol. The van der Waals surface area contributed by atoms with Crippen molar-refractivity contribution >= 4 is 5.97 Å². The Hall–Kier alpha value is -0.610. The van der Waals surface area contributed by atoms with Gasteiger partial charge in [-0.15, -0.1) is 0 Å². The molecule has 0 bridgehead atoms. The molecule has 0 unspecified atom stereocenters. The normalized spacial score (nSPS) is 27.7. The van der Waals surface area contributed by atoms with Gasteiger partial charge in [0.15, 0.2) is 0 Å². The van der Waals surface area contributed by atoms with Crippen LogP contribution in [-0.2, 0) is 9.53 Å². The lowest BCUT2D eigenvalue weighted by atomic mass is 9.94. The molecular formula is C11H21NO3. The molecule has 0 aliphatic carbocycles. The second-order valence-electron chi connectivity index (χ2n) is 4.14. The highest BCUT2D eigenvalue weighted by Gasteiger charge is 2.33. The van der Waals surface area contributed by atoms with E-state index in [9.17, 15) is 9.90 Å². The summed E-state index contributed by atoms with van der Waals surface area (Å²) >= 11 is 0. The number of aliphatic hydroxyl groups is 1. The molecule has 0 aromatic heterocycles. The Labute approximate surface area is 91.2 Å². The number of hydrogen-bond donors (Lipinski definition) is 1. The van der Waals surface area contributed by atoms with Gasteiger partial charge < -0.3 is 14.7 Å². The number of esters is 1. The summed E-state index contributed by atoms with van der Waals surface area (Å²) < 4.78 is 4.69. The molecule has 1 rings (SSSR count). The molecule has 1 fully saturated rings. The van der Waals surface area contributed by atoms with Crippen LogP contribution in [-0.4, -0.2) is 48.8 Å². The summed E-state index contributed by atoms with van der Waals surface area (Å²) in [6.07, 6.45) is 2.44. The van der Waals surface area contributed by atoms with E-state index in [2.05, 4.69) is 16.6 Å². The number of nitrogens with zero attached hydrogens (tertiary/aromatic N) is 1. The second kappa shape index (κ2) is 6.08. The zero-order valence-corrected chi connectivity index (χ0v) is 9.61. The van der Waals surface area contributed by atoms with Gasteiger partial charge in [-0.2, -0.15) is 0 Å². The first kappa shape index (κ1) is 12.5. The molecule has 1 saturated heterocycles. The van der Waals surface area contributed by atoms with E-state index in [0.29, 0.717) is 13.0 Å². The fraction of sp³-hybridized carbons (Fsp3) is 0.909. The molecule has 4 nitrogen and oxygen atoms in total. The van der Waals surface area contributed by atoms with Gasteiger partial charge in [-0.1, -0.05) is 13.3 Å². The summed E-state index contributed by atoms with van der Waals surface area (Å²) in [6.45, 7) is 4.68.